The van der Waals surface area contributed by atoms with Crippen LogP contribution in [0.4, 0.5) is 5.69 Å². The van der Waals surface area contributed by atoms with E-state index in [0.29, 0.717) is 0 Å². The molecule has 3 nitrogen and oxygen atoms in total. The fourth-order valence-corrected chi connectivity index (χ4v) is 1.76. The molecule has 0 radical (unpaired) electrons. The highest BCUT2D eigenvalue weighted by Crippen LogP contribution is 2.25. The lowest BCUT2D eigenvalue weighted by Crippen LogP contribution is -2.20. The van der Waals surface area contributed by atoms with E-state index in [1.54, 1.807) is 12.1 Å². The van der Waals surface area contributed by atoms with Crippen molar-refractivity contribution in [2.45, 2.75) is 40.5 Å². The maximum atomic E-state index is 11.9. The highest BCUT2D eigenvalue weighted by Gasteiger charge is 2.13. The first-order valence-corrected chi connectivity index (χ1v) is 6.06. The van der Waals surface area contributed by atoms with Crippen molar-refractivity contribution in [3.63, 3.8) is 0 Å². The standard InChI is InChI=1S/C14H21NO2/c1-5-6-9(2)14(17)15-12-7-11(4)13(16)8-10(12)3/h7-9,16H,5-6H2,1-4H3,(H,15,17). The van der Waals surface area contributed by atoms with E-state index in [2.05, 4.69) is 12.2 Å². The fourth-order valence-electron chi connectivity index (χ4n) is 1.76. The first-order valence-electron chi connectivity index (χ1n) is 6.06. The van der Waals surface area contributed by atoms with Crippen molar-refractivity contribution >= 4 is 11.6 Å². The van der Waals surface area contributed by atoms with Crippen LogP contribution in [0, 0.1) is 19.8 Å². The van der Waals surface area contributed by atoms with E-state index in [-0.39, 0.29) is 17.6 Å². The van der Waals surface area contributed by atoms with Gasteiger partial charge in [-0.05, 0) is 43.5 Å². The molecule has 1 unspecified atom stereocenters. The first kappa shape index (κ1) is 13.6. The van der Waals surface area contributed by atoms with Crippen LogP contribution in [0.2, 0.25) is 0 Å². The number of hydrogen-bond acceptors (Lipinski definition) is 2. The molecular formula is C14H21NO2. The third-order valence-electron chi connectivity index (χ3n) is 2.97. The zero-order chi connectivity index (χ0) is 13.0. The van der Waals surface area contributed by atoms with E-state index in [0.717, 1.165) is 29.7 Å². The zero-order valence-corrected chi connectivity index (χ0v) is 11.0. The minimum Gasteiger partial charge on any atom is -0.508 e. The van der Waals surface area contributed by atoms with Gasteiger partial charge in [0, 0.05) is 11.6 Å². The largest absolute Gasteiger partial charge is 0.508 e. The monoisotopic (exact) mass is 235 g/mol. The minimum absolute atomic E-state index is 0.0218. The average molecular weight is 235 g/mol. The molecule has 0 saturated heterocycles. The van der Waals surface area contributed by atoms with E-state index in [1.165, 1.54) is 0 Å². The number of phenols is 1. The van der Waals surface area contributed by atoms with Gasteiger partial charge in [0.25, 0.3) is 0 Å². The third kappa shape index (κ3) is 3.48. The van der Waals surface area contributed by atoms with E-state index in [9.17, 15) is 9.90 Å². The van der Waals surface area contributed by atoms with Gasteiger partial charge in [0.2, 0.25) is 5.91 Å². The fraction of sp³-hybridized carbons (Fsp3) is 0.500. The van der Waals surface area contributed by atoms with Crippen molar-refractivity contribution in [2.24, 2.45) is 5.92 Å². The van der Waals surface area contributed by atoms with Crippen molar-refractivity contribution < 1.29 is 9.90 Å². The van der Waals surface area contributed by atoms with Crippen molar-refractivity contribution in [2.75, 3.05) is 5.32 Å². The molecule has 0 saturated carbocycles. The number of aryl methyl sites for hydroxylation is 2. The van der Waals surface area contributed by atoms with Crippen LogP contribution in [0.1, 0.15) is 37.8 Å². The van der Waals surface area contributed by atoms with Crippen LogP contribution in [-0.2, 0) is 4.79 Å². The summed E-state index contributed by atoms with van der Waals surface area (Å²) in [5, 5.41) is 12.5. The number of anilines is 1. The molecule has 0 aliphatic rings. The number of rotatable bonds is 4. The first-order chi connectivity index (χ1) is 7.95. The van der Waals surface area contributed by atoms with Gasteiger partial charge in [-0.2, -0.15) is 0 Å². The van der Waals surface area contributed by atoms with Gasteiger partial charge in [-0.3, -0.25) is 4.79 Å². The Bertz CT molecular complexity index is 413. The number of hydrogen-bond donors (Lipinski definition) is 2. The van der Waals surface area contributed by atoms with Crippen LogP contribution in [0.15, 0.2) is 12.1 Å². The lowest BCUT2D eigenvalue weighted by atomic mass is 10.0. The molecule has 0 aromatic heterocycles. The topological polar surface area (TPSA) is 49.3 Å². The summed E-state index contributed by atoms with van der Waals surface area (Å²) in [5.74, 6) is 0.329. The van der Waals surface area contributed by atoms with E-state index in [4.69, 9.17) is 0 Å². The second-order valence-electron chi connectivity index (χ2n) is 4.63. The molecule has 1 rings (SSSR count). The number of aromatic hydroxyl groups is 1. The second-order valence-corrected chi connectivity index (χ2v) is 4.63. The summed E-state index contributed by atoms with van der Waals surface area (Å²) in [7, 11) is 0. The Morgan fingerprint density at radius 3 is 2.59 bits per heavy atom. The molecule has 1 aromatic rings. The zero-order valence-electron chi connectivity index (χ0n) is 11.0. The maximum Gasteiger partial charge on any atom is 0.227 e. The predicted molar refractivity (Wildman–Crippen MR) is 70.3 cm³/mol. The molecule has 0 aliphatic heterocycles. The normalized spacial score (nSPS) is 12.2. The number of carbonyl (C=O) groups is 1. The van der Waals surface area contributed by atoms with Gasteiger partial charge in [0.1, 0.15) is 5.75 Å². The van der Waals surface area contributed by atoms with Gasteiger partial charge in [-0.1, -0.05) is 20.3 Å². The van der Waals surface area contributed by atoms with Crippen LogP contribution >= 0.6 is 0 Å². The summed E-state index contributed by atoms with van der Waals surface area (Å²) in [6, 6.07) is 3.48. The van der Waals surface area contributed by atoms with Gasteiger partial charge >= 0.3 is 0 Å². The smallest absolute Gasteiger partial charge is 0.227 e. The lowest BCUT2D eigenvalue weighted by Gasteiger charge is -2.14. The Hall–Kier alpha value is -1.51. The number of phenolic OH excluding ortho intramolecular Hbond substituents is 1. The van der Waals surface area contributed by atoms with Crippen LogP contribution in [-0.4, -0.2) is 11.0 Å². The maximum absolute atomic E-state index is 11.9. The number of benzene rings is 1. The molecular weight excluding hydrogens is 214 g/mol. The molecule has 0 spiro atoms. The molecule has 0 bridgehead atoms. The summed E-state index contributed by atoms with van der Waals surface area (Å²) < 4.78 is 0. The molecule has 1 amide bonds. The molecule has 1 atom stereocenters. The molecule has 2 N–H and O–H groups in total. The van der Waals surface area contributed by atoms with Crippen molar-refractivity contribution in [1.29, 1.82) is 0 Å². The summed E-state index contributed by atoms with van der Waals surface area (Å²) in [6.07, 6.45) is 1.89. The highest BCUT2D eigenvalue weighted by molar-refractivity contribution is 5.93. The number of amides is 1. The Kier molecular flexibility index (Phi) is 4.55. The predicted octanol–water partition coefficient (Wildman–Crippen LogP) is 3.38. The number of carbonyl (C=O) groups excluding carboxylic acids is 1. The molecule has 1 aromatic carbocycles. The Balaban J connectivity index is 2.81. The lowest BCUT2D eigenvalue weighted by molar-refractivity contribution is -0.119. The summed E-state index contributed by atoms with van der Waals surface area (Å²) in [5.41, 5.74) is 2.44. The van der Waals surface area contributed by atoms with E-state index in [1.807, 2.05) is 20.8 Å². The summed E-state index contributed by atoms with van der Waals surface area (Å²) in [4.78, 5) is 11.9. The van der Waals surface area contributed by atoms with Crippen LogP contribution in [0.3, 0.4) is 0 Å². The summed E-state index contributed by atoms with van der Waals surface area (Å²) >= 11 is 0. The molecule has 0 heterocycles. The quantitative estimate of drug-likeness (QED) is 0.786. The molecule has 3 heteroatoms. The number of nitrogens with one attached hydrogen (secondary N) is 1. The molecule has 94 valence electrons. The van der Waals surface area contributed by atoms with Gasteiger partial charge < -0.3 is 10.4 Å². The SMILES string of the molecule is CCCC(C)C(=O)Nc1cc(C)c(O)cc1C. The van der Waals surface area contributed by atoms with E-state index < -0.39 is 0 Å². The van der Waals surface area contributed by atoms with E-state index >= 15 is 0 Å². The Morgan fingerprint density at radius 1 is 1.35 bits per heavy atom. The molecule has 0 fully saturated rings. The van der Waals surface area contributed by atoms with Gasteiger partial charge in [-0.25, -0.2) is 0 Å². The Morgan fingerprint density at radius 2 is 2.00 bits per heavy atom. The van der Waals surface area contributed by atoms with Gasteiger partial charge in [0.05, 0.1) is 0 Å². The minimum atomic E-state index is 0.0218. The van der Waals surface area contributed by atoms with Crippen LogP contribution in [0.25, 0.3) is 0 Å². The Labute approximate surface area is 103 Å². The van der Waals surface area contributed by atoms with Crippen molar-refractivity contribution in [1.82, 2.24) is 0 Å². The molecule has 0 aliphatic carbocycles. The molecule has 17 heavy (non-hydrogen) atoms. The third-order valence-corrected chi connectivity index (χ3v) is 2.97. The second kappa shape index (κ2) is 5.71. The van der Waals surface area contributed by atoms with Crippen molar-refractivity contribution in [3.05, 3.63) is 23.3 Å². The van der Waals surface area contributed by atoms with Crippen LogP contribution in [0.5, 0.6) is 5.75 Å². The van der Waals surface area contributed by atoms with Gasteiger partial charge in [0.15, 0.2) is 0 Å². The van der Waals surface area contributed by atoms with Crippen molar-refractivity contribution in [3.8, 4) is 5.75 Å². The van der Waals surface area contributed by atoms with Crippen LogP contribution < -0.4 is 5.32 Å². The van der Waals surface area contributed by atoms with Gasteiger partial charge in [-0.15, -0.1) is 0 Å². The summed E-state index contributed by atoms with van der Waals surface area (Å²) in [6.45, 7) is 7.69. The highest BCUT2D eigenvalue weighted by atomic mass is 16.3. The average Bonchev–Trinajstić information content (AvgIpc) is 2.26.